The van der Waals surface area contributed by atoms with Gasteiger partial charge in [0.05, 0.1) is 11.6 Å². The normalized spacial score (nSPS) is 10.7. The maximum absolute atomic E-state index is 13.0. The molecule has 0 radical (unpaired) electrons. The summed E-state index contributed by atoms with van der Waals surface area (Å²) in [4.78, 5) is 0. The third-order valence-corrected chi connectivity index (χ3v) is 4.46. The Morgan fingerprint density at radius 1 is 1.19 bits per heavy atom. The number of ether oxygens (including phenoxy) is 2. The smallest absolute Gasteiger partial charge is 0.243 e. The van der Waals surface area contributed by atoms with E-state index < -0.39 is 0 Å². The van der Waals surface area contributed by atoms with Crippen LogP contribution in [0.25, 0.3) is 0 Å². The van der Waals surface area contributed by atoms with Crippen LogP contribution in [0.5, 0.6) is 11.5 Å². The van der Waals surface area contributed by atoms with Crippen molar-refractivity contribution in [2.45, 2.75) is 26.6 Å². The molecule has 1 aromatic heterocycles. The predicted molar refractivity (Wildman–Crippen MR) is 102 cm³/mol. The van der Waals surface area contributed by atoms with Gasteiger partial charge in [-0.3, -0.25) is 0 Å². The van der Waals surface area contributed by atoms with Gasteiger partial charge < -0.3 is 14.8 Å². The summed E-state index contributed by atoms with van der Waals surface area (Å²) in [7, 11) is 1.58. The minimum atomic E-state index is -0.275. The summed E-state index contributed by atoms with van der Waals surface area (Å²) >= 11 is 3.53. The zero-order chi connectivity index (χ0) is 19.2. The van der Waals surface area contributed by atoms with Crippen molar-refractivity contribution in [2.24, 2.45) is 0 Å². The van der Waals surface area contributed by atoms with Crippen LogP contribution in [0.3, 0.4) is 0 Å². The van der Waals surface area contributed by atoms with Crippen molar-refractivity contribution < 1.29 is 13.9 Å². The largest absolute Gasteiger partial charge is 0.493 e. The average molecular weight is 436 g/mol. The molecular weight excluding hydrogens is 417 g/mol. The second kappa shape index (κ2) is 8.81. The number of anilines is 1. The summed E-state index contributed by atoms with van der Waals surface area (Å²) in [6.07, 6.45) is 0. The number of rotatable bonds is 8. The van der Waals surface area contributed by atoms with Crippen molar-refractivity contribution in [2.75, 3.05) is 12.4 Å². The molecule has 0 aliphatic heterocycles. The van der Waals surface area contributed by atoms with E-state index in [1.807, 2.05) is 19.1 Å². The topological polar surface area (TPSA) is 74.1 Å². The minimum absolute atomic E-state index is 0.275. The van der Waals surface area contributed by atoms with Crippen LogP contribution >= 0.6 is 15.9 Å². The molecule has 0 amide bonds. The van der Waals surface area contributed by atoms with Crippen molar-refractivity contribution >= 4 is 21.9 Å². The lowest BCUT2D eigenvalue weighted by Gasteiger charge is -2.15. The zero-order valence-corrected chi connectivity index (χ0v) is 16.5. The lowest BCUT2D eigenvalue weighted by molar-refractivity contribution is 0.282. The number of tetrazole rings is 1. The van der Waals surface area contributed by atoms with Gasteiger partial charge in [-0.25, -0.2) is 9.07 Å². The van der Waals surface area contributed by atoms with E-state index >= 15 is 0 Å². The first-order chi connectivity index (χ1) is 13.1. The van der Waals surface area contributed by atoms with E-state index in [2.05, 4.69) is 36.8 Å². The lowest BCUT2D eigenvalue weighted by Crippen LogP contribution is -2.08. The summed E-state index contributed by atoms with van der Waals surface area (Å²) in [5, 5.41) is 14.7. The Hall–Kier alpha value is -2.68. The van der Waals surface area contributed by atoms with E-state index in [-0.39, 0.29) is 5.82 Å². The van der Waals surface area contributed by atoms with Crippen molar-refractivity contribution in [3.63, 3.8) is 0 Å². The molecule has 0 spiro atoms. The van der Waals surface area contributed by atoms with Crippen LogP contribution in [0.15, 0.2) is 40.9 Å². The Morgan fingerprint density at radius 3 is 2.67 bits per heavy atom. The van der Waals surface area contributed by atoms with E-state index in [4.69, 9.17) is 9.47 Å². The number of hydrogen-bond acceptors (Lipinski definition) is 6. The average Bonchev–Trinajstić information content (AvgIpc) is 3.14. The number of aromatic nitrogens is 4. The highest BCUT2D eigenvalue weighted by atomic mass is 79.9. The molecule has 0 aliphatic rings. The van der Waals surface area contributed by atoms with Crippen LogP contribution in [0.2, 0.25) is 0 Å². The predicted octanol–water partition coefficient (Wildman–Crippen LogP) is 3.79. The van der Waals surface area contributed by atoms with E-state index in [0.29, 0.717) is 37.1 Å². The Labute approximate surface area is 164 Å². The molecule has 27 heavy (non-hydrogen) atoms. The lowest BCUT2D eigenvalue weighted by atomic mass is 10.2. The van der Waals surface area contributed by atoms with Crippen LogP contribution in [-0.2, 0) is 19.7 Å². The number of nitrogens with one attached hydrogen (secondary N) is 1. The molecule has 2 aromatic carbocycles. The Balaban J connectivity index is 1.71. The number of aryl methyl sites for hydroxylation is 1. The van der Waals surface area contributed by atoms with Gasteiger partial charge in [-0.1, -0.05) is 17.2 Å². The Bertz CT molecular complexity index is 901. The number of nitrogens with zero attached hydrogens (tertiary/aromatic N) is 4. The Kier molecular flexibility index (Phi) is 6.23. The fourth-order valence-corrected chi connectivity index (χ4v) is 3.08. The molecule has 3 rings (SSSR count). The standard InChI is InChI=1S/C18H19BrFN5O2/c1-3-25-18(22-23-24-25)21-10-13-8-15(19)17(16(9-13)26-2)27-11-12-4-6-14(20)7-5-12/h4-9H,3,10-11H2,1-2H3,(H,21,22,24). The van der Waals surface area contributed by atoms with E-state index in [0.717, 1.165) is 15.6 Å². The quantitative estimate of drug-likeness (QED) is 0.579. The second-order valence-corrected chi connectivity index (χ2v) is 6.55. The van der Waals surface area contributed by atoms with Crippen LogP contribution in [0.4, 0.5) is 10.3 Å². The van der Waals surface area contributed by atoms with E-state index in [9.17, 15) is 4.39 Å². The van der Waals surface area contributed by atoms with Gasteiger partial charge in [0, 0.05) is 13.1 Å². The molecule has 3 aromatic rings. The number of halogens is 2. The summed E-state index contributed by atoms with van der Waals surface area (Å²) < 4.78 is 26.8. The van der Waals surface area contributed by atoms with Gasteiger partial charge in [0.25, 0.3) is 0 Å². The molecule has 0 saturated carbocycles. The summed E-state index contributed by atoms with van der Waals surface area (Å²) in [6.45, 7) is 3.47. The number of hydrogen-bond donors (Lipinski definition) is 1. The molecule has 0 aliphatic carbocycles. The molecule has 0 unspecified atom stereocenters. The third-order valence-electron chi connectivity index (χ3n) is 3.87. The first-order valence-electron chi connectivity index (χ1n) is 8.34. The van der Waals surface area contributed by atoms with Crippen LogP contribution in [-0.4, -0.2) is 27.3 Å². The van der Waals surface area contributed by atoms with Crippen molar-refractivity contribution in [1.29, 1.82) is 0 Å². The van der Waals surface area contributed by atoms with Crippen LogP contribution in [0, 0.1) is 5.82 Å². The highest BCUT2D eigenvalue weighted by molar-refractivity contribution is 9.10. The maximum atomic E-state index is 13.0. The van der Waals surface area contributed by atoms with Gasteiger partial charge in [0.2, 0.25) is 5.95 Å². The van der Waals surface area contributed by atoms with Crippen LogP contribution in [0.1, 0.15) is 18.1 Å². The highest BCUT2D eigenvalue weighted by Gasteiger charge is 2.13. The molecule has 9 heteroatoms. The molecule has 0 saturated heterocycles. The van der Waals surface area contributed by atoms with Gasteiger partial charge >= 0.3 is 0 Å². The van der Waals surface area contributed by atoms with Gasteiger partial charge in [-0.05, 0) is 68.7 Å². The van der Waals surface area contributed by atoms with Gasteiger partial charge in [-0.15, -0.1) is 0 Å². The molecule has 0 atom stereocenters. The summed E-state index contributed by atoms with van der Waals surface area (Å²) in [5.74, 6) is 1.51. The maximum Gasteiger partial charge on any atom is 0.243 e. The molecular formula is C18H19BrFN5O2. The van der Waals surface area contributed by atoms with Crippen LogP contribution < -0.4 is 14.8 Å². The van der Waals surface area contributed by atoms with Gasteiger partial charge in [0.1, 0.15) is 12.4 Å². The number of benzene rings is 2. The Morgan fingerprint density at radius 2 is 1.96 bits per heavy atom. The minimum Gasteiger partial charge on any atom is -0.493 e. The van der Waals surface area contributed by atoms with Crippen molar-refractivity contribution in [3.8, 4) is 11.5 Å². The molecule has 1 heterocycles. The summed E-state index contributed by atoms with van der Waals surface area (Å²) in [5.41, 5.74) is 1.83. The number of methoxy groups -OCH3 is 1. The van der Waals surface area contributed by atoms with Crippen molar-refractivity contribution in [1.82, 2.24) is 20.2 Å². The molecule has 1 N–H and O–H groups in total. The van der Waals surface area contributed by atoms with Gasteiger partial charge in [-0.2, -0.15) is 0 Å². The van der Waals surface area contributed by atoms with E-state index in [1.165, 1.54) is 12.1 Å². The fourth-order valence-electron chi connectivity index (χ4n) is 2.48. The second-order valence-electron chi connectivity index (χ2n) is 5.70. The SMILES string of the molecule is CCn1nnnc1NCc1cc(Br)c(OCc2ccc(F)cc2)c(OC)c1. The molecule has 142 valence electrons. The first-order valence-corrected chi connectivity index (χ1v) is 9.13. The van der Waals surface area contributed by atoms with Gasteiger partial charge in [0.15, 0.2) is 11.5 Å². The first kappa shape index (κ1) is 19.1. The van der Waals surface area contributed by atoms with Crippen molar-refractivity contribution in [3.05, 3.63) is 57.8 Å². The molecule has 0 fully saturated rings. The summed E-state index contributed by atoms with van der Waals surface area (Å²) in [6, 6.07) is 10.0. The zero-order valence-electron chi connectivity index (χ0n) is 14.9. The molecule has 7 nitrogen and oxygen atoms in total. The monoisotopic (exact) mass is 435 g/mol. The fraction of sp³-hybridized carbons (Fsp3) is 0.278. The molecule has 0 bridgehead atoms. The third kappa shape index (κ3) is 4.73. The highest BCUT2D eigenvalue weighted by Crippen LogP contribution is 2.37. The van der Waals surface area contributed by atoms with E-state index in [1.54, 1.807) is 23.9 Å².